The predicted molar refractivity (Wildman–Crippen MR) is 75.0 cm³/mol. The van der Waals surface area contributed by atoms with Gasteiger partial charge in [-0.3, -0.25) is 4.79 Å². The molecule has 0 saturated carbocycles. The standard InChI is InChI=1S/C9H10O2.C6H12O3/c1-2-4-8(5-3-1)10-6-9-7-11-9;1-3-5(9-2)4-6(7)8/h1-5,9H,6-7H2;5H,3-4H2,1-2H3,(H,7,8). The molecular weight excluding hydrogens is 260 g/mol. The molecule has 2 atom stereocenters. The van der Waals surface area contributed by atoms with Crippen molar-refractivity contribution in [2.45, 2.75) is 32.0 Å². The van der Waals surface area contributed by atoms with Crippen molar-refractivity contribution in [3.05, 3.63) is 30.3 Å². The number of aliphatic carboxylic acids is 1. The molecule has 1 heterocycles. The van der Waals surface area contributed by atoms with E-state index in [0.29, 0.717) is 12.7 Å². The fraction of sp³-hybridized carbons (Fsp3) is 0.533. The fourth-order valence-electron chi connectivity index (χ4n) is 1.46. The fourth-order valence-corrected chi connectivity index (χ4v) is 1.46. The normalized spacial score (nSPS) is 17.6. The van der Waals surface area contributed by atoms with Crippen molar-refractivity contribution in [2.75, 3.05) is 20.3 Å². The van der Waals surface area contributed by atoms with Crippen LogP contribution in [-0.4, -0.2) is 43.6 Å². The number of epoxide rings is 1. The van der Waals surface area contributed by atoms with Crippen LogP contribution >= 0.6 is 0 Å². The maximum atomic E-state index is 10.0. The first kappa shape index (κ1) is 16.5. The highest BCUT2D eigenvalue weighted by Crippen LogP contribution is 2.13. The van der Waals surface area contributed by atoms with Gasteiger partial charge in [0.15, 0.2) is 0 Å². The number of methoxy groups -OCH3 is 1. The predicted octanol–water partition coefficient (Wildman–Crippen LogP) is 2.35. The van der Waals surface area contributed by atoms with Gasteiger partial charge in [0.05, 0.1) is 19.1 Å². The van der Waals surface area contributed by atoms with E-state index in [1.165, 1.54) is 7.11 Å². The van der Waals surface area contributed by atoms with Crippen LogP contribution < -0.4 is 4.74 Å². The highest BCUT2D eigenvalue weighted by atomic mass is 16.6. The lowest BCUT2D eigenvalue weighted by molar-refractivity contribution is -0.139. The highest BCUT2D eigenvalue weighted by Gasteiger charge is 2.22. The lowest BCUT2D eigenvalue weighted by Crippen LogP contribution is -2.14. The van der Waals surface area contributed by atoms with Crippen LogP contribution in [0.4, 0.5) is 0 Å². The van der Waals surface area contributed by atoms with E-state index in [9.17, 15) is 4.79 Å². The first-order valence-corrected chi connectivity index (χ1v) is 6.69. The van der Waals surface area contributed by atoms with Crippen LogP contribution in [0.1, 0.15) is 19.8 Å². The van der Waals surface area contributed by atoms with E-state index in [2.05, 4.69) is 0 Å². The van der Waals surface area contributed by atoms with Crippen molar-refractivity contribution in [1.29, 1.82) is 0 Å². The second-order valence-electron chi connectivity index (χ2n) is 4.44. The number of carboxylic acids is 1. The summed E-state index contributed by atoms with van der Waals surface area (Å²) in [5.74, 6) is 0.117. The first-order valence-electron chi connectivity index (χ1n) is 6.69. The number of hydrogen-bond donors (Lipinski definition) is 1. The Morgan fingerprint density at radius 3 is 2.50 bits per heavy atom. The summed E-state index contributed by atoms with van der Waals surface area (Å²) in [7, 11) is 1.52. The molecule has 5 heteroatoms. The van der Waals surface area contributed by atoms with Crippen LogP contribution in [-0.2, 0) is 14.3 Å². The summed E-state index contributed by atoms with van der Waals surface area (Å²) in [6.07, 6.45) is 1.08. The Kier molecular flexibility index (Phi) is 7.69. The molecule has 1 aliphatic rings. The summed E-state index contributed by atoms with van der Waals surface area (Å²) in [5, 5.41) is 8.27. The molecule has 0 bridgehead atoms. The van der Waals surface area contributed by atoms with Gasteiger partial charge in [-0.2, -0.15) is 0 Å². The molecule has 2 unspecified atom stereocenters. The van der Waals surface area contributed by atoms with E-state index in [0.717, 1.165) is 18.8 Å². The van der Waals surface area contributed by atoms with E-state index in [1.54, 1.807) is 0 Å². The van der Waals surface area contributed by atoms with E-state index < -0.39 is 5.97 Å². The van der Waals surface area contributed by atoms with E-state index in [-0.39, 0.29) is 12.5 Å². The Hall–Kier alpha value is -1.59. The van der Waals surface area contributed by atoms with Gasteiger partial charge >= 0.3 is 5.97 Å². The smallest absolute Gasteiger partial charge is 0.305 e. The van der Waals surface area contributed by atoms with Gasteiger partial charge in [-0.05, 0) is 18.6 Å². The Morgan fingerprint density at radius 1 is 1.45 bits per heavy atom. The summed E-state index contributed by atoms with van der Waals surface area (Å²) in [5.41, 5.74) is 0. The average molecular weight is 282 g/mol. The molecule has 1 N–H and O–H groups in total. The summed E-state index contributed by atoms with van der Waals surface area (Å²) in [6, 6.07) is 9.79. The van der Waals surface area contributed by atoms with Gasteiger partial charge in [-0.25, -0.2) is 0 Å². The number of carboxylic acid groups (broad SMARTS) is 1. The zero-order valence-electron chi connectivity index (χ0n) is 12.0. The molecule has 0 spiro atoms. The summed E-state index contributed by atoms with van der Waals surface area (Å²) >= 11 is 0. The molecule has 2 rings (SSSR count). The van der Waals surface area contributed by atoms with E-state index in [4.69, 9.17) is 19.3 Å². The second-order valence-corrected chi connectivity index (χ2v) is 4.44. The maximum absolute atomic E-state index is 10.0. The number of benzene rings is 1. The quantitative estimate of drug-likeness (QED) is 0.777. The number of rotatable bonds is 7. The van der Waals surface area contributed by atoms with Crippen molar-refractivity contribution in [1.82, 2.24) is 0 Å². The molecule has 0 amide bonds. The van der Waals surface area contributed by atoms with E-state index >= 15 is 0 Å². The topological polar surface area (TPSA) is 68.3 Å². The molecule has 1 aromatic carbocycles. The zero-order valence-corrected chi connectivity index (χ0v) is 12.0. The second kappa shape index (κ2) is 9.34. The minimum absolute atomic E-state index is 0.104. The minimum atomic E-state index is -0.802. The van der Waals surface area contributed by atoms with Gasteiger partial charge < -0.3 is 19.3 Å². The summed E-state index contributed by atoms with van der Waals surface area (Å²) in [6.45, 7) is 3.44. The van der Waals surface area contributed by atoms with E-state index in [1.807, 2.05) is 37.3 Å². The number of para-hydroxylation sites is 1. The molecule has 0 radical (unpaired) electrons. The SMILES string of the molecule is CCC(CC(=O)O)OC.c1ccc(OCC2CO2)cc1. The molecule has 1 aliphatic heterocycles. The van der Waals surface area contributed by atoms with Gasteiger partial charge in [0.25, 0.3) is 0 Å². The van der Waals surface area contributed by atoms with Gasteiger partial charge in [0.2, 0.25) is 0 Å². The number of ether oxygens (including phenoxy) is 3. The monoisotopic (exact) mass is 282 g/mol. The van der Waals surface area contributed by atoms with Crippen molar-refractivity contribution in [3.63, 3.8) is 0 Å². The van der Waals surface area contributed by atoms with Crippen LogP contribution in [0.2, 0.25) is 0 Å². The molecule has 1 aromatic rings. The van der Waals surface area contributed by atoms with Crippen molar-refractivity contribution in [3.8, 4) is 5.75 Å². The Balaban J connectivity index is 0.000000206. The number of carbonyl (C=O) groups is 1. The van der Waals surface area contributed by atoms with Gasteiger partial charge in [-0.15, -0.1) is 0 Å². The third-order valence-corrected chi connectivity index (χ3v) is 2.77. The molecule has 112 valence electrons. The summed E-state index contributed by atoms with van der Waals surface area (Å²) in [4.78, 5) is 10.0. The summed E-state index contributed by atoms with van der Waals surface area (Å²) < 4.78 is 15.2. The molecule has 5 nitrogen and oxygen atoms in total. The molecule has 1 saturated heterocycles. The molecule has 20 heavy (non-hydrogen) atoms. The minimum Gasteiger partial charge on any atom is -0.491 e. The van der Waals surface area contributed by atoms with Crippen LogP contribution in [0.5, 0.6) is 5.75 Å². The van der Waals surface area contributed by atoms with Crippen LogP contribution in [0, 0.1) is 0 Å². The van der Waals surface area contributed by atoms with Crippen molar-refractivity contribution >= 4 is 5.97 Å². The molecule has 1 fully saturated rings. The Labute approximate surface area is 119 Å². The zero-order chi connectivity index (χ0) is 14.8. The third-order valence-electron chi connectivity index (χ3n) is 2.77. The number of hydrogen-bond acceptors (Lipinski definition) is 4. The maximum Gasteiger partial charge on any atom is 0.305 e. The molecule has 0 aliphatic carbocycles. The van der Waals surface area contributed by atoms with Crippen LogP contribution in [0.3, 0.4) is 0 Å². The van der Waals surface area contributed by atoms with Gasteiger partial charge in [0.1, 0.15) is 18.5 Å². The Bertz CT molecular complexity index is 371. The van der Waals surface area contributed by atoms with Crippen molar-refractivity contribution < 1.29 is 24.1 Å². The van der Waals surface area contributed by atoms with Crippen LogP contribution in [0.25, 0.3) is 0 Å². The largest absolute Gasteiger partial charge is 0.491 e. The van der Waals surface area contributed by atoms with Crippen LogP contribution in [0.15, 0.2) is 30.3 Å². The average Bonchev–Trinajstić information content (AvgIpc) is 3.28. The lowest BCUT2D eigenvalue weighted by atomic mass is 10.2. The molecule has 0 aromatic heterocycles. The van der Waals surface area contributed by atoms with Gasteiger partial charge in [-0.1, -0.05) is 25.1 Å². The van der Waals surface area contributed by atoms with Gasteiger partial charge in [0, 0.05) is 7.11 Å². The highest BCUT2D eigenvalue weighted by molar-refractivity contribution is 5.67. The third kappa shape index (κ3) is 7.76. The lowest BCUT2D eigenvalue weighted by Gasteiger charge is -2.07. The first-order chi connectivity index (χ1) is 9.65. The molecular formula is C15H22O5. The van der Waals surface area contributed by atoms with Crippen molar-refractivity contribution in [2.24, 2.45) is 0 Å². The Morgan fingerprint density at radius 2 is 2.10 bits per heavy atom.